The normalized spacial score (nSPS) is 11.5. The monoisotopic (exact) mass is 415 g/mol. The molecule has 3 heterocycles. The second-order valence-electron chi connectivity index (χ2n) is 6.80. The van der Waals surface area contributed by atoms with Gasteiger partial charge in [-0.3, -0.25) is 23.1 Å². The van der Waals surface area contributed by atoms with E-state index in [2.05, 4.69) is 9.72 Å². The van der Waals surface area contributed by atoms with E-state index in [1.54, 1.807) is 10.6 Å². The molecule has 10 heteroatoms. The van der Waals surface area contributed by atoms with E-state index in [0.717, 1.165) is 21.5 Å². The fraction of sp³-hybridized carbons (Fsp3) is 0.263. The average Bonchev–Trinajstić information content (AvgIpc) is 3.20. The number of nitrogens with zero attached hydrogens (tertiary/aromatic N) is 5. The summed E-state index contributed by atoms with van der Waals surface area (Å²) in [7, 11) is 2.70. The van der Waals surface area contributed by atoms with Crippen molar-refractivity contribution in [3.05, 3.63) is 61.5 Å². The topological polar surface area (TPSA) is 92.5 Å². The second-order valence-corrected chi connectivity index (χ2v) is 7.21. The molecule has 0 bridgehead atoms. The Morgan fingerprint density at radius 3 is 2.62 bits per heavy atom. The van der Waals surface area contributed by atoms with Crippen molar-refractivity contribution >= 4 is 34.5 Å². The van der Waals surface area contributed by atoms with Gasteiger partial charge in [0.25, 0.3) is 5.56 Å². The van der Waals surface area contributed by atoms with Crippen LogP contribution in [0.4, 0.5) is 0 Å². The predicted octanol–water partition coefficient (Wildman–Crippen LogP) is 1.58. The van der Waals surface area contributed by atoms with Crippen LogP contribution in [-0.2, 0) is 23.1 Å². The van der Waals surface area contributed by atoms with Gasteiger partial charge in [0.05, 0.1) is 12.8 Å². The smallest absolute Gasteiger partial charge is 0.333 e. The van der Waals surface area contributed by atoms with Gasteiger partial charge in [0.2, 0.25) is 5.78 Å². The minimum absolute atomic E-state index is 0.200. The Morgan fingerprint density at radius 1 is 1.24 bits per heavy atom. The average molecular weight is 416 g/mol. The lowest BCUT2D eigenvalue weighted by atomic mass is 10.2. The molecule has 0 atom stereocenters. The molecule has 0 saturated heterocycles. The number of fused-ring (bicyclic) bond motifs is 3. The summed E-state index contributed by atoms with van der Waals surface area (Å²) in [6.45, 7) is 3.31. The van der Waals surface area contributed by atoms with E-state index in [4.69, 9.17) is 11.6 Å². The zero-order chi connectivity index (χ0) is 21.0. The number of aryl methyl sites for hydroxylation is 3. The molecule has 9 nitrogen and oxygen atoms in total. The fourth-order valence-electron chi connectivity index (χ4n) is 3.38. The third kappa shape index (κ3) is 2.77. The zero-order valence-electron chi connectivity index (χ0n) is 16.3. The maximum absolute atomic E-state index is 13.0. The van der Waals surface area contributed by atoms with Crippen molar-refractivity contribution in [1.29, 1.82) is 0 Å². The summed E-state index contributed by atoms with van der Waals surface area (Å²) in [5, 5.41) is 0.609. The Kier molecular flexibility index (Phi) is 4.34. The Hall–Kier alpha value is -3.33. The molecule has 0 aliphatic heterocycles. The van der Waals surface area contributed by atoms with Crippen LogP contribution in [0, 0.1) is 13.8 Å². The molecule has 1 aromatic carbocycles. The third-order valence-electron chi connectivity index (χ3n) is 4.95. The van der Waals surface area contributed by atoms with E-state index in [1.165, 1.54) is 18.7 Å². The molecule has 0 spiro atoms. The Bertz CT molecular complexity index is 1420. The number of hydrogen-bond donors (Lipinski definition) is 0. The van der Waals surface area contributed by atoms with Crippen molar-refractivity contribution in [2.75, 3.05) is 7.11 Å². The molecule has 0 saturated carbocycles. The number of esters is 1. The zero-order valence-corrected chi connectivity index (χ0v) is 17.0. The van der Waals surface area contributed by atoms with Crippen LogP contribution in [0.25, 0.3) is 22.6 Å². The summed E-state index contributed by atoms with van der Waals surface area (Å²) in [5.74, 6) is -0.229. The predicted molar refractivity (Wildman–Crippen MR) is 108 cm³/mol. The number of imidazole rings is 2. The molecule has 4 rings (SSSR count). The van der Waals surface area contributed by atoms with Crippen LogP contribution in [0.5, 0.6) is 0 Å². The van der Waals surface area contributed by atoms with E-state index in [1.807, 2.05) is 36.6 Å². The number of aromatic nitrogens is 5. The van der Waals surface area contributed by atoms with E-state index in [9.17, 15) is 14.4 Å². The van der Waals surface area contributed by atoms with Crippen molar-refractivity contribution in [1.82, 2.24) is 23.1 Å². The first-order valence-corrected chi connectivity index (χ1v) is 9.15. The summed E-state index contributed by atoms with van der Waals surface area (Å²) < 4.78 is 10.2. The SMILES string of the molecule is COC(=O)Cn1c(=O)c2c(nc3n(-c4ccc(C)c(Cl)c4)c(C)cn23)n(C)c1=O. The molecule has 0 unspecified atom stereocenters. The lowest BCUT2D eigenvalue weighted by Crippen LogP contribution is -2.41. The number of carbonyl (C=O) groups is 1. The lowest BCUT2D eigenvalue weighted by molar-refractivity contribution is -0.141. The Morgan fingerprint density at radius 2 is 1.97 bits per heavy atom. The van der Waals surface area contributed by atoms with Crippen molar-refractivity contribution in [3.8, 4) is 5.69 Å². The number of rotatable bonds is 3. The van der Waals surface area contributed by atoms with Crippen LogP contribution in [0.15, 0.2) is 34.0 Å². The minimum atomic E-state index is -0.688. The van der Waals surface area contributed by atoms with Gasteiger partial charge in [-0.2, -0.15) is 4.98 Å². The van der Waals surface area contributed by atoms with E-state index >= 15 is 0 Å². The Labute approximate surface area is 169 Å². The minimum Gasteiger partial charge on any atom is -0.468 e. The van der Waals surface area contributed by atoms with Gasteiger partial charge >= 0.3 is 11.7 Å². The van der Waals surface area contributed by atoms with Crippen LogP contribution >= 0.6 is 11.6 Å². The summed E-state index contributed by atoms with van der Waals surface area (Å²) >= 11 is 6.28. The highest BCUT2D eigenvalue weighted by atomic mass is 35.5. The number of methoxy groups -OCH3 is 1. The van der Waals surface area contributed by atoms with Crippen LogP contribution in [0.3, 0.4) is 0 Å². The molecule has 0 radical (unpaired) electrons. The van der Waals surface area contributed by atoms with Gasteiger partial charge in [-0.15, -0.1) is 0 Å². The van der Waals surface area contributed by atoms with Crippen molar-refractivity contribution in [2.45, 2.75) is 20.4 Å². The summed E-state index contributed by atoms with van der Waals surface area (Å²) in [6.07, 6.45) is 1.76. The number of halogens is 1. The number of ether oxygens (including phenoxy) is 1. The van der Waals surface area contributed by atoms with Gasteiger partial charge in [-0.1, -0.05) is 17.7 Å². The third-order valence-corrected chi connectivity index (χ3v) is 5.36. The molecule has 0 aliphatic carbocycles. The molecule has 0 fully saturated rings. The first-order chi connectivity index (χ1) is 13.7. The number of carbonyl (C=O) groups excluding carboxylic acids is 1. The largest absolute Gasteiger partial charge is 0.468 e. The summed E-state index contributed by atoms with van der Waals surface area (Å²) in [5.41, 5.74) is 1.72. The van der Waals surface area contributed by atoms with Crippen LogP contribution < -0.4 is 11.2 Å². The Balaban J connectivity index is 2.08. The van der Waals surface area contributed by atoms with Crippen molar-refractivity contribution < 1.29 is 9.53 Å². The van der Waals surface area contributed by atoms with E-state index in [0.29, 0.717) is 10.8 Å². The fourth-order valence-corrected chi connectivity index (χ4v) is 3.56. The van der Waals surface area contributed by atoms with Gasteiger partial charge in [0.1, 0.15) is 6.54 Å². The molecule has 4 aromatic rings. The highest BCUT2D eigenvalue weighted by Gasteiger charge is 2.22. The lowest BCUT2D eigenvalue weighted by Gasteiger charge is -2.08. The van der Waals surface area contributed by atoms with Gasteiger partial charge in [0.15, 0.2) is 11.2 Å². The standard InChI is InChI=1S/C19H18ClN5O4/c1-10-5-6-12(7-13(10)20)25-11(2)8-23-15-16(21-18(23)25)22(3)19(28)24(17(15)27)9-14(26)29-4/h5-8H,9H2,1-4H3. The molecule has 3 aromatic heterocycles. The van der Waals surface area contributed by atoms with Gasteiger partial charge in [0, 0.05) is 24.0 Å². The maximum Gasteiger partial charge on any atom is 0.333 e. The van der Waals surface area contributed by atoms with Crippen LogP contribution in [0.2, 0.25) is 5.02 Å². The van der Waals surface area contributed by atoms with E-state index in [-0.39, 0.29) is 11.2 Å². The molecule has 150 valence electrons. The van der Waals surface area contributed by atoms with Gasteiger partial charge < -0.3 is 4.74 Å². The molecule has 0 aliphatic rings. The molecule has 29 heavy (non-hydrogen) atoms. The number of hydrogen-bond acceptors (Lipinski definition) is 5. The molecular weight excluding hydrogens is 398 g/mol. The highest BCUT2D eigenvalue weighted by Crippen LogP contribution is 2.24. The van der Waals surface area contributed by atoms with E-state index < -0.39 is 23.8 Å². The molecule has 0 N–H and O–H groups in total. The highest BCUT2D eigenvalue weighted by molar-refractivity contribution is 6.31. The van der Waals surface area contributed by atoms with Crippen LogP contribution in [-0.4, -0.2) is 36.2 Å². The molecule has 0 amide bonds. The van der Waals surface area contributed by atoms with Gasteiger partial charge in [-0.25, -0.2) is 9.36 Å². The van der Waals surface area contributed by atoms with Crippen LogP contribution in [0.1, 0.15) is 11.3 Å². The second kappa shape index (κ2) is 6.63. The number of benzene rings is 1. The quantitative estimate of drug-likeness (QED) is 0.474. The summed E-state index contributed by atoms with van der Waals surface area (Å²) in [4.78, 5) is 41.8. The maximum atomic E-state index is 13.0. The van der Waals surface area contributed by atoms with Crippen molar-refractivity contribution in [2.24, 2.45) is 7.05 Å². The first-order valence-electron chi connectivity index (χ1n) is 8.78. The first kappa shape index (κ1) is 19.0. The summed E-state index contributed by atoms with van der Waals surface area (Å²) in [6, 6.07) is 5.62. The molecular formula is C19H18ClN5O4. The van der Waals surface area contributed by atoms with Gasteiger partial charge in [-0.05, 0) is 31.5 Å². The van der Waals surface area contributed by atoms with Crippen molar-refractivity contribution in [3.63, 3.8) is 0 Å².